The average Bonchev–Trinajstić information content (AvgIpc) is 2.77. The van der Waals surface area contributed by atoms with E-state index >= 15 is 0 Å². The van der Waals surface area contributed by atoms with Crippen LogP contribution in [0.25, 0.3) is 0 Å². The smallest absolute Gasteiger partial charge is 0.236 e. The minimum Gasteiger partial charge on any atom is -0.507 e. The Kier molecular flexibility index (Phi) is 8.30. The number of benzene rings is 1. The van der Waals surface area contributed by atoms with Gasteiger partial charge in [-0.1, -0.05) is 53.7 Å². The van der Waals surface area contributed by atoms with Gasteiger partial charge in [0, 0.05) is 45.7 Å². The molecule has 1 N–H and O–H groups in total. The van der Waals surface area contributed by atoms with Crippen LogP contribution in [0.15, 0.2) is 12.1 Å². The molecule has 0 aromatic heterocycles. The molecule has 3 rings (SSSR count). The van der Waals surface area contributed by atoms with E-state index < -0.39 is 0 Å². The second-order valence-electron chi connectivity index (χ2n) is 11.7. The lowest BCUT2D eigenvalue weighted by Gasteiger charge is -2.36. The van der Waals surface area contributed by atoms with E-state index in [1.54, 1.807) is 0 Å². The minimum atomic E-state index is -0.186. The van der Waals surface area contributed by atoms with Gasteiger partial charge in [0.15, 0.2) is 0 Å². The van der Waals surface area contributed by atoms with Crippen molar-refractivity contribution in [3.8, 4) is 5.75 Å². The number of aromatic hydroxyl groups is 1. The number of phenols is 1. The van der Waals surface area contributed by atoms with Crippen molar-refractivity contribution < 1.29 is 19.4 Å². The molecule has 0 radical (unpaired) electrons. The first-order valence-electron chi connectivity index (χ1n) is 12.6. The Hall–Kier alpha value is -2.12. The molecule has 1 aromatic carbocycles. The van der Waals surface area contributed by atoms with Gasteiger partial charge in [0.25, 0.3) is 0 Å². The van der Waals surface area contributed by atoms with Gasteiger partial charge in [0.1, 0.15) is 5.75 Å². The molecule has 0 aliphatic carbocycles. The second kappa shape index (κ2) is 10.6. The standard InChI is InChI=1S/C27H43N3O4/c1-26(2,3)21-17-20(18-22(25(21)33)27(4,5)6)7-8-23(31)29-9-11-30(12-10-29)24(32)19-28-13-15-34-16-14-28/h17-18,33H,7-16,19H2,1-6H3. The zero-order valence-electron chi connectivity index (χ0n) is 21.9. The number of hydrogen-bond acceptors (Lipinski definition) is 5. The van der Waals surface area contributed by atoms with Crippen LogP contribution in [-0.4, -0.2) is 90.6 Å². The van der Waals surface area contributed by atoms with Crippen molar-refractivity contribution in [1.29, 1.82) is 0 Å². The maximum Gasteiger partial charge on any atom is 0.236 e. The van der Waals surface area contributed by atoms with Gasteiger partial charge >= 0.3 is 0 Å². The molecule has 2 saturated heterocycles. The Labute approximate surface area is 205 Å². The van der Waals surface area contributed by atoms with E-state index in [-0.39, 0.29) is 22.6 Å². The van der Waals surface area contributed by atoms with Crippen LogP contribution in [-0.2, 0) is 31.6 Å². The summed E-state index contributed by atoms with van der Waals surface area (Å²) in [4.78, 5) is 31.5. The van der Waals surface area contributed by atoms with Gasteiger partial charge < -0.3 is 19.6 Å². The molecule has 2 aliphatic heterocycles. The molecular formula is C27H43N3O4. The van der Waals surface area contributed by atoms with Gasteiger partial charge in [-0.05, 0) is 33.9 Å². The third-order valence-corrected chi connectivity index (χ3v) is 6.86. The van der Waals surface area contributed by atoms with Crippen molar-refractivity contribution in [3.63, 3.8) is 0 Å². The molecule has 190 valence electrons. The summed E-state index contributed by atoms with van der Waals surface area (Å²) >= 11 is 0. The van der Waals surface area contributed by atoms with Crippen LogP contribution in [0, 0.1) is 0 Å². The number of amides is 2. The number of morpholine rings is 1. The number of rotatable bonds is 5. The van der Waals surface area contributed by atoms with Gasteiger partial charge in [-0.15, -0.1) is 0 Å². The molecule has 2 heterocycles. The zero-order valence-corrected chi connectivity index (χ0v) is 21.9. The third-order valence-electron chi connectivity index (χ3n) is 6.86. The van der Waals surface area contributed by atoms with Crippen LogP contribution in [0.4, 0.5) is 0 Å². The number of nitrogens with zero attached hydrogens (tertiary/aromatic N) is 3. The van der Waals surface area contributed by atoms with E-state index in [1.165, 1.54) is 0 Å². The predicted molar refractivity (Wildman–Crippen MR) is 134 cm³/mol. The minimum absolute atomic E-state index is 0.128. The first-order valence-corrected chi connectivity index (χ1v) is 12.6. The SMILES string of the molecule is CC(C)(C)c1cc(CCC(=O)N2CCN(C(=O)CN3CCOCC3)CC2)cc(C(C)(C)C)c1O. The summed E-state index contributed by atoms with van der Waals surface area (Å²) in [7, 11) is 0. The number of hydrogen-bond donors (Lipinski definition) is 1. The lowest BCUT2D eigenvalue weighted by Crippen LogP contribution is -2.53. The molecule has 1 aromatic rings. The Bertz CT molecular complexity index is 836. The van der Waals surface area contributed by atoms with E-state index in [0.717, 1.165) is 29.8 Å². The number of piperazine rings is 1. The fourth-order valence-electron chi connectivity index (χ4n) is 4.65. The van der Waals surface area contributed by atoms with Crippen LogP contribution in [0.5, 0.6) is 5.75 Å². The first-order chi connectivity index (χ1) is 15.9. The van der Waals surface area contributed by atoms with Crippen molar-refractivity contribution in [2.24, 2.45) is 0 Å². The van der Waals surface area contributed by atoms with Crippen LogP contribution in [0.1, 0.15) is 64.7 Å². The third kappa shape index (κ3) is 6.72. The molecule has 0 atom stereocenters. The largest absolute Gasteiger partial charge is 0.507 e. The van der Waals surface area contributed by atoms with E-state index in [4.69, 9.17) is 4.74 Å². The summed E-state index contributed by atoms with van der Waals surface area (Å²) in [5.74, 6) is 0.637. The van der Waals surface area contributed by atoms with Crippen LogP contribution in [0.2, 0.25) is 0 Å². The predicted octanol–water partition coefficient (Wildman–Crippen LogP) is 2.92. The van der Waals surface area contributed by atoms with Crippen molar-refractivity contribution in [2.75, 3.05) is 59.0 Å². The summed E-state index contributed by atoms with van der Waals surface area (Å²) in [6.07, 6.45) is 1.07. The Morgan fingerprint density at radius 1 is 0.824 bits per heavy atom. The fourth-order valence-corrected chi connectivity index (χ4v) is 4.65. The van der Waals surface area contributed by atoms with Crippen LogP contribution in [0.3, 0.4) is 0 Å². The topological polar surface area (TPSA) is 73.3 Å². The average molecular weight is 474 g/mol. The van der Waals surface area contributed by atoms with Crippen molar-refractivity contribution in [3.05, 3.63) is 28.8 Å². The van der Waals surface area contributed by atoms with Crippen LogP contribution >= 0.6 is 0 Å². The van der Waals surface area contributed by atoms with E-state index in [9.17, 15) is 14.7 Å². The Balaban J connectivity index is 1.56. The number of carbonyl (C=O) groups excluding carboxylic acids is 2. The molecule has 0 bridgehead atoms. The zero-order chi connectivity index (χ0) is 25.1. The summed E-state index contributed by atoms with van der Waals surface area (Å²) in [6.45, 7) is 18.4. The second-order valence-corrected chi connectivity index (χ2v) is 11.7. The molecule has 34 heavy (non-hydrogen) atoms. The molecule has 7 nitrogen and oxygen atoms in total. The van der Waals surface area contributed by atoms with E-state index in [2.05, 4.69) is 58.6 Å². The number of ether oxygens (including phenoxy) is 1. The molecule has 7 heteroatoms. The molecule has 0 unspecified atom stereocenters. The number of phenolic OH excluding ortho intramolecular Hbond substituents is 1. The number of carbonyl (C=O) groups is 2. The Morgan fingerprint density at radius 3 is 1.76 bits per heavy atom. The molecule has 2 amide bonds. The quantitative estimate of drug-likeness (QED) is 0.712. The lowest BCUT2D eigenvalue weighted by molar-refractivity contribution is -0.140. The monoisotopic (exact) mass is 473 g/mol. The molecular weight excluding hydrogens is 430 g/mol. The highest BCUT2D eigenvalue weighted by Crippen LogP contribution is 2.40. The molecule has 2 fully saturated rings. The maximum absolute atomic E-state index is 12.9. The fraction of sp³-hybridized carbons (Fsp3) is 0.704. The maximum atomic E-state index is 12.9. The van der Waals surface area contributed by atoms with Gasteiger partial charge in [-0.3, -0.25) is 14.5 Å². The Morgan fingerprint density at radius 2 is 1.29 bits per heavy atom. The lowest BCUT2D eigenvalue weighted by atomic mass is 9.78. The number of aryl methyl sites for hydroxylation is 1. The summed E-state index contributed by atoms with van der Waals surface area (Å²) in [5.41, 5.74) is 2.56. The molecule has 0 spiro atoms. The van der Waals surface area contributed by atoms with Crippen molar-refractivity contribution in [2.45, 2.75) is 65.2 Å². The molecule has 2 aliphatic rings. The summed E-state index contributed by atoms with van der Waals surface area (Å²) in [5, 5.41) is 10.9. The molecule has 0 saturated carbocycles. The van der Waals surface area contributed by atoms with E-state index in [0.29, 0.717) is 64.5 Å². The highest BCUT2D eigenvalue weighted by Gasteiger charge is 2.28. The summed E-state index contributed by atoms with van der Waals surface area (Å²) < 4.78 is 5.35. The van der Waals surface area contributed by atoms with Gasteiger partial charge in [-0.25, -0.2) is 0 Å². The van der Waals surface area contributed by atoms with Gasteiger partial charge in [-0.2, -0.15) is 0 Å². The highest BCUT2D eigenvalue weighted by molar-refractivity contribution is 5.80. The van der Waals surface area contributed by atoms with Crippen molar-refractivity contribution >= 4 is 11.8 Å². The van der Waals surface area contributed by atoms with E-state index in [1.807, 2.05) is 9.80 Å². The first kappa shape index (κ1) is 26.5. The van der Waals surface area contributed by atoms with Gasteiger partial charge in [0.2, 0.25) is 11.8 Å². The summed E-state index contributed by atoms with van der Waals surface area (Å²) in [6, 6.07) is 4.11. The van der Waals surface area contributed by atoms with Gasteiger partial charge in [0.05, 0.1) is 19.8 Å². The van der Waals surface area contributed by atoms with Crippen molar-refractivity contribution in [1.82, 2.24) is 14.7 Å². The highest BCUT2D eigenvalue weighted by atomic mass is 16.5. The normalized spacial score (nSPS) is 18.3. The van der Waals surface area contributed by atoms with Crippen LogP contribution < -0.4 is 0 Å².